The molecule has 0 spiro atoms. The van der Waals surface area contributed by atoms with E-state index >= 15 is 0 Å². The van der Waals surface area contributed by atoms with Crippen molar-refractivity contribution < 1.29 is 38.8 Å². The van der Waals surface area contributed by atoms with Crippen LogP contribution in [0.4, 0.5) is 4.79 Å². The topological polar surface area (TPSA) is 145 Å². The van der Waals surface area contributed by atoms with Gasteiger partial charge in [-0.05, 0) is 25.7 Å². The summed E-state index contributed by atoms with van der Waals surface area (Å²) in [6.07, 6.45) is -1.22. The fraction of sp³-hybridized carbons (Fsp3) is 0.800. The molecular weight excluding hydrogens is 367 g/mol. The van der Waals surface area contributed by atoms with Gasteiger partial charge in [-0.2, -0.15) is 0 Å². The molecule has 2 aliphatic heterocycles. The van der Waals surface area contributed by atoms with E-state index < -0.39 is 31.6 Å². The molecule has 3 N–H and O–H groups in total. The van der Waals surface area contributed by atoms with Crippen molar-refractivity contribution in [3.05, 3.63) is 0 Å². The first kappa shape index (κ1) is 20.7. The number of fused-ring (bicyclic) bond motifs is 1. The van der Waals surface area contributed by atoms with Crippen molar-refractivity contribution in [1.82, 2.24) is 10.0 Å². The lowest BCUT2D eigenvalue weighted by Crippen LogP contribution is -2.59. The summed E-state index contributed by atoms with van der Waals surface area (Å²) in [5.74, 6) is -1.74. The molecule has 2 fully saturated rings. The number of rotatable bonds is 7. The Hall–Kier alpha value is -1.64. The van der Waals surface area contributed by atoms with Gasteiger partial charge in [0.25, 0.3) is 0 Å². The van der Waals surface area contributed by atoms with E-state index in [0.717, 1.165) is 5.01 Å². The van der Waals surface area contributed by atoms with Crippen LogP contribution in [-0.2, 0) is 18.9 Å². The third-order valence-electron chi connectivity index (χ3n) is 4.58. The van der Waals surface area contributed by atoms with Gasteiger partial charge in [-0.25, -0.2) is 14.8 Å². The fourth-order valence-electron chi connectivity index (χ4n) is 3.35. The van der Waals surface area contributed by atoms with Crippen LogP contribution in [0.5, 0.6) is 0 Å². The average molecular weight is 392 g/mol. The van der Waals surface area contributed by atoms with Gasteiger partial charge in [-0.3, -0.25) is 14.2 Å². The molecule has 0 radical (unpaired) electrons. The van der Waals surface area contributed by atoms with Crippen LogP contribution in [0.3, 0.4) is 0 Å². The molecule has 1 unspecified atom stereocenters. The Morgan fingerprint density at radius 3 is 2.65 bits per heavy atom. The number of hydrazine groups is 1. The van der Waals surface area contributed by atoms with E-state index in [4.69, 9.17) is 14.9 Å². The second-order valence-corrected chi connectivity index (χ2v) is 9.10. The minimum absolute atomic E-state index is 0.00987. The van der Waals surface area contributed by atoms with Crippen LogP contribution in [0.25, 0.3) is 0 Å². The Kier molecular flexibility index (Phi) is 7.02. The summed E-state index contributed by atoms with van der Waals surface area (Å²) in [6.45, 7) is 0.206. The molecule has 0 aliphatic carbocycles. The molecule has 10 nitrogen and oxygen atoms in total. The number of aliphatic hydroxyl groups is 1. The Bertz CT molecular complexity index is 598. The molecule has 2 aliphatic rings. The van der Waals surface area contributed by atoms with Crippen LogP contribution in [0, 0.1) is 5.92 Å². The van der Waals surface area contributed by atoms with Gasteiger partial charge in [0, 0.05) is 44.2 Å². The van der Waals surface area contributed by atoms with Crippen LogP contribution < -0.4 is 0 Å². The predicted molar refractivity (Wildman–Crippen MR) is 89.3 cm³/mol. The summed E-state index contributed by atoms with van der Waals surface area (Å²) in [5.41, 5.74) is 0. The zero-order valence-electron chi connectivity index (χ0n) is 14.5. The third-order valence-corrected chi connectivity index (χ3v) is 6.61. The number of hydrogen-bond acceptors (Lipinski definition) is 6. The molecule has 0 aromatic carbocycles. The molecule has 2 heterocycles. The number of carboxylic acid groups (broad SMARTS) is 1. The number of nitrogens with zero attached hydrogens (tertiary/aromatic N) is 2. The maximum atomic E-state index is 12.9. The van der Waals surface area contributed by atoms with E-state index in [1.807, 2.05) is 0 Å². The minimum Gasteiger partial charge on any atom is -0.450 e. The molecule has 2 amide bonds. The largest absolute Gasteiger partial charge is 0.507 e. The Morgan fingerprint density at radius 2 is 2.00 bits per heavy atom. The predicted octanol–water partition coefficient (Wildman–Crippen LogP) is 0.826. The van der Waals surface area contributed by atoms with Crippen molar-refractivity contribution in [2.24, 2.45) is 5.92 Å². The van der Waals surface area contributed by atoms with Crippen molar-refractivity contribution in [3.8, 4) is 0 Å². The molecule has 148 valence electrons. The third kappa shape index (κ3) is 5.18. The van der Waals surface area contributed by atoms with E-state index in [0.29, 0.717) is 19.3 Å². The summed E-state index contributed by atoms with van der Waals surface area (Å²) in [4.78, 5) is 46.3. The summed E-state index contributed by atoms with van der Waals surface area (Å²) in [6, 6.07) is 0. The van der Waals surface area contributed by atoms with E-state index in [1.54, 1.807) is 0 Å². The van der Waals surface area contributed by atoms with Crippen LogP contribution >= 0.6 is 7.37 Å². The molecule has 2 rings (SSSR count). The molecule has 0 aromatic rings. The van der Waals surface area contributed by atoms with Crippen molar-refractivity contribution >= 4 is 25.3 Å². The smallest absolute Gasteiger partial charge is 0.450 e. The monoisotopic (exact) mass is 392 g/mol. The number of unbranched alkanes of at least 4 members (excludes halogenated alkanes) is 1. The molecular formula is C15H25N2O8P. The lowest BCUT2D eigenvalue weighted by molar-refractivity contribution is -0.196. The highest BCUT2D eigenvalue weighted by molar-refractivity contribution is 7.58. The summed E-state index contributed by atoms with van der Waals surface area (Å²) in [7, 11) is -3.61. The van der Waals surface area contributed by atoms with Crippen LogP contribution in [0.1, 0.15) is 38.5 Å². The van der Waals surface area contributed by atoms with Gasteiger partial charge in [0.05, 0.1) is 0 Å². The van der Waals surface area contributed by atoms with Gasteiger partial charge in [0.1, 0.15) is 0 Å². The maximum Gasteiger partial charge on any atom is 0.507 e. The average Bonchev–Trinajstić information content (AvgIpc) is 2.67. The maximum absolute atomic E-state index is 12.9. The first-order chi connectivity index (χ1) is 12.2. The minimum atomic E-state index is -3.61. The number of hydrogen-bond donors (Lipinski definition) is 3. The Morgan fingerprint density at radius 1 is 1.27 bits per heavy atom. The highest BCUT2D eigenvalue weighted by Crippen LogP contribution is 2.45. The van der Waals surface area contributed by atoms with E-state index in [9.17, 15) is 23.8 Å². The fourth-order valence-corrected chi connectivity index (χ4v) is 5.27. The Labute approximate surface area is 151 Å². The van der Waals surface area contributed by atoms with Gasteiger partial charge in [0.15, 0.2) is 6.23 Å². The summed E-state index contributed by atoms with van der Waals surface area (Å²) >= 11 is 0. The normalized spacial score (nSPS) is 26.1. The van der Waals surface area contributed by atoms with Gasteiger partial charge < -0.3 is 19.8 Å². The quantitative estimate of drug-likeness (QED) is 0.328. The second kappa shape index (κ2) is 8.83. The number of aliphatic hydroxyl groups excluding tert-OH is 1. The SMILES string of the molecule is O=C(O)O[C@H]1CCCN2C(=O)CC[C@H](CP(=O)(O)CCCCO)C(=O)N12. The zero-order chi connectivity index (χ0) is 19.3. The summed E-state index contributed by atoms with van der Waals surface area (Å²) < 4.78 is 17.2. The molecule has 3 atom stereocenters. The van der Waals surface area contributed by atoms with Gasteiger partial charge in [0.2, 0.25) is 19.2 Å². The second-order valence-electron chi connectivity index (χ2n) is 6.60. The number of ether oxygens (including phenoxy) is 1. The van der Waals surface area contributed by atoms with Crippen LogP contribution in [0.15, 0.2) is 0 Å². The highest BCUT2D eigenvalue weighted by atomic mass is 31.2. The number of carbonyl (C=O) groups excluding carboxylic acids is 2. The molecule has 0 aromatic heterocycles. The summed E-state index contributed by atoms with van der Waals surface area (Å²) in [5, 5.41) is 19.9. The van der Waals surface area contributed by atoms with Crippen molar-refractivity contribution in [2.45, 2.75) is 44.8 Å². The van der Waals surface area contributed by atoms with Crippen molar-refractivity contribution in [2.75, 3.05) is 25.5 Å². The van der Waals surface area contributed by atoms with Gasteiger partial charge >= 0.3 is 6.16 Å². The van der Waals surface area contributed by atoms with Gasteiger partial charge in [-0.1, -0.05) is 0 Å². The van der Waals surface area contributed by atoms with E-state index in [1.165, 1.54) is 5.01 Å². The standard InChI is InChI=1S/C15H25N2O8P/c18-8-1-2-9-26(23,24)10-11-5-6-12(19)16-7-3-4-13(25-15(21)22)17(16)14(11)20/h11,13,18H,1-10H2,(H,21,22)(H,23,24)/t11-,13+/m1/s1. The first-order valence-electron chi connectivity index (χ1n) is 8.70. The lowest BCUT2D eigenvalue weighted by Gasteiger charge is -2.42. The van der Waals surface area contributed by atoms with Crippen molar-refractivity contribution in [3.63, 3.8) is 0 Å². The zero-order valence-corrected chi connectivity index (χ0v) is 15.3. The van der Waals surface area contributed by atoms with E-state index in [2.05, 4.69) is 0 Å². The molecule has 26 heavy (non-hydrogen) atoms. The lowest BCUT2D eigenvalue weighted by atomic mass is 10.0. The van der Waals surface area contributed by atoms with Crippen molar-refractivity contribution in [1.29, 1.82) is 0 Å². The van der Waals surface area contributed by atoms with Crippen LogP contribution in [-0.4, -0.2) is 74.8 Å². The van der Waals surface area contributed by atoms with Gasteiger partial charge in [-0.15, -0.1) is 0 Å². The molecule has 11 heteroatoms. The number of amides is 2. The molecule has 2 saturated heterocycles. The number of carbonyl (C=O) groups is 3. The van der Waals surface area contributed by atoms with E-state index in [-0.39, 0.29) is 50.6 Å². The molecule has 0 saturated carbocycles. The molecule has 0 bridgehead atoms. The Balaban J connectivity index is 2.16. The van der Waals surface area contributed by atoms with Crippen LogP contribution in [0.2, 0.25) is 0 Å². The first-order valence-corrected chi connectivity index (χ1v) is 10.7. The highest BCUT2D eigenvalue weighted by Gasteiger charge is 2.44.